The fourth-order valence-electron chi connectivity index (χ4n) is 3.07. The van der Waals surface area contributed by atoms with Crippen LogP contribution in [-0.2, 0) is 0 Å². The number of piperidine rings is 1. The van der Waals surface area contributed by atoms with Crippen LogP contribution >= 0.6 is 0 Å². The number of hydrogen-bond donors (Lipinski definition) is 2. The standard InChI is InChI=1S/C13H24N2O2/c1-10-4-3-7-15(8-10)13(17)14-12-6-2-5-11(12)9-16/h10-12,16H,2-9H2,1H3,(H,14,17). The largest absolute Gasteiger partial charge is 0.396 e. The summed E-state index contributed by atoms with van der Waals surface area (Å²) in [7, 11) is 0. The number of nitrogens with zero attached hydrogens (tertiary/aromatic N) is 1. The number of likely N-dealkylation sites (tertiary alicyclic amines) is 1. The highest BCUT2D eigenvalue weighted by Gasteiger charge is 2.30. The summed E-state index contributed by atoms with van der Waals surface area (Å²) < 4.78 is 0. The van der Waals surface area contributed by atoms with Gasteiger partial charge in [-0.2, -0.15) is 0 Å². The van der Waals surface area contributed by atoms with Crippen molar-refractivity contribution < 1.29 is 9.90 Å². The summed E-state index contributed by atoms with van der Waals surface area (Å²) in [5.41, 5.74) is 0. The van der Waals surface area contributed by atoms with E-state index in [1.165, 1.54) is 6.42 Å². The molecule has 1 aliphatic heterocycles. The Morgan fingerprint density at radius 1 is 1.35 bits per heavy atom. The van der Waals surface area contributed by atoms with Crippen LogP contribution in [0.5, 0.6) is 0 Å². The van der Waals surface area contributed by atoms with E-state index in [9.17, 15) is 9.90 Å². The van der Waals surface area contributed by atoms with Gasteiger partial charge in [-0.3, -0.25) is 0 Å². The molecule has 0 aromatic rings. The van der Waals surface area contributed by atoms with Crippen LogP contribution in [0.3, 0.4) is 0 Å². The molecule has 3 unspecified atom stereocenters. The van der Waals surface area contributed by atoms with Gasteiger partial charge in [-0.05, 0) is 31.6 Å². The number of urea groups is 1. The Bertz CT molecular complexity index is 270. The summed E-state index contributed by atoms with van der Waals surface area (Å²) in [4.78, 5) is 14.0. The monoisotopic (exact) mass is 240 g/mol. The molecule has 1 saturated heterocycles. The van der Waals surface area contributed by atoms with E-state index in [0.29, 0.717) is 5.92 Å². The number of rotatable bonds is 2. The van der Waals surface area contributed by atoms with E-state index in [2.05, 4.69) is 12.2 Å². The molecule has 0 bridgehead atoms. The highest BCUT2D eigenvalue weighted by molar-refractivity contribution is 5.74. The predicted molar refractivity (Wildman–Crippen MR) is 66.7 cm³/mol. The maximum absolute atomic E-state index is 12.1. The summed E-state index contributed by atoms with van der Waals surface area (Å²) in [6.07, 6.45) is 5.51. The third kappa shape index (κ3) is 3.12. The Hall–Kier alpha value is -0.770. The quantitative estimate of drug-likeness (QED) is 0.770. The first-order valence-corrected chi connectivity index (χ1v) is 6.87. The Kier molecular flexibility index (Phi) is 4.26. The van der Waals surface area contributed by atoms with Gasteiger partial charge in [0.15, 0.2) is 0 Å². The molecule has 2 amide bonds. The molecule has 2 rings (SSSR count). The van der Waals surface area contributed by atoms with Gasteiger partial charge in [-0.25, -0.2) is 4.79 Å². The number of aliphatic hydroxyl groups excluding tert-OH is 1. The lowest BCUT2D eigenvalue weighted by atomic mass is 10.0. The van der Waals surface area contributed by atoms with Crippen LogP contribution in [-0.4, -0.2) is 41.8 Å². The molecular formula is C13H24N2O2. The van der Waals surface area contributed by atoms with Crippen molar-refractivity contribution in [3.63, 3.8) is 0 Å². The molecule has 17 heavy (non-hydrogen) atoms. The number of aliphatic hydroxyl groups is 1. The number of amides is 2. The first-order valence-electron chi connectivity index (χ1n) is 6.87. The van der Waals surface area contributed by atoms with Gasteiger partial charge in [-0.15, -0.1) is 0 Å². The molecule has 4 nitrogen and oxygen atoms in total. The van der Waals surface area contributed by atoms with Crippen molar-refractivity contribution in [2.75, 3.05) is 19.7 Å². The molecule has 4 heteroatoms. The van der Waals surface area contributed by atoms with E-state index in [0.717, 1.165) is 38.8 Å². The van der Waals surface area contributed by atoms with E-state index >= 15 is 0 Å². The summed E-state index contributed by atoms with van der Waals surface area (Å²) >= 11 is 0. The maximum Gasteiger partial charge on any atom is 0.317 e. The van der Waals surface area contributed by atoms with Crippen LogP contribution < -0.4 is 5.32 Å². The molecule has 2 aliphatic rings. The summed E-state index contributed by atoms with van der Waals surface area (Å²) in [6.45, 7) is 4.15. The number of hydrogen-bond acceptors (Lipinski definition) is 2. The molecule has 3 atom stereocenters. The Labute approximate surface area is 103 Å². The Balaban J connectivity index is 1.83. The highest BCUT2D eigenvalue weighted by atomic mass is 16.3. The van der Waals surface area contributed by atoms with Gasteiger partial charge in [0, 0.05) is 31.7 Å². The van der Waals surface area contributed by atoms with Crippen LogP contribution in [0.4, 0.5) is 4.79 Å². The van der Waals surface area contributed by atoms with Gasteiger partial charge in [0.25, 0.3) is 0 Å². The van der Waals surface area contributed by atoms with E-state index < -0.39 is 0 Å². The van der Waals surface area contributed by atoms with E-state index in [1.54, 1.807) is 0 Å². The van der Waals surface area contributed by atoms with Gasteiger partial charge in [0.2, 0.25) is 0 Å². The van der Waals surface area contributed by atoms with Gasteiger partial charge in [-0.1, -0.05) is 13.3 Å². The Morgan fingerprint density at radius 2 is 2.18 bits per heavy atom. The van der Waals surface area contributed by atoms with Crippen LogP contribution in [0.2, 0.25) is 0 Å². The second-order valence-electron chi connectivity index (χ2n) is 5.62. The SMILES string of the molecule is CC1CCCN(C(=O)NC2CCCC2CO)C1. The van der Waals surface area contributed by atoms with Gasteiger partial charge < -0.3 is 15.3 Å². The number of carbonyl (C=O) groups is 1. The molecule has 1 saturated carbocycles. The normalized spacial score (nSPS) is 33.8. The molecule has 0 aromatic carbocycles. The lowest BCUT2D eigenvalue weighted by Crippen LogP contribution is -2.49. The summed E-state index contributed by atoms with van der Waals surface area (Å²) in [5.74, 6) is 0.882. The van der Waals surface area contributed by atoms with Gasteiger partial charge in [0.1, 0.15) is 0 Å². The zero-order valence-electron chi connectivity index (χ0n) is 10.7. The second-order valence-corrected chi connectivity index (χ2v) is 5.62. The molecule has 1 heterocycles. The maximum atomic E-state index is 12.1. The zero-order valence-corrected chi connectivity index (χ0v) is 10.7. The van der Waals surface area contributed by atoms with Crippen molar-refractivity contribution in [3.8, 4) is 0 Å². The highest BCUT2D eigenvalue weighted by Crippen LogP contribution is 2.25. The third-order valence-electron chi connectivity index (χ3n) is 4.15. The van der Waals surface area contributed by atoms with E-state index in [4.69, 9.17) is 0 Å². The second kappa shape index (κ2) is 5.71. The van der Waals surface area contributed by atoms with Gasteiger partial charge >= 0.3 is 6.03 Å². The first kappa shape index (κ1) is 12.7. The van der Waals surface area contributed by atoms with Crippen LogP contribution in [0.1, 0.15) is 39.0 Å². The number of nitrogens with one attached hydrogen (secondary N) is 1. The van der Waals surface area contributed by atoms with Crippen LogP contribution in [0.15, 0.2) is 0 Å². The molecule has 0 radical (unpaired) electrons. The number of carbonyl (C=O) groups excluding carboxylic acids is 1. The van der Waals surface area contributed by atoms with Crippen molar-refractivity contribution in [1.82, 2.24) is 10.2 Å². The molecule has 2 N–H and O–H groups in total. The molecular weight excluding hydrogens is 216 g/mol. The van der Waals surface area contributed by atoms with Crippen molar-refractivity contribution in [1.29, 1.82) is 0 Å². The zero-order chi connectivity index (χ0) is 12.3. The predicted octanol–water partition coefficient (Wildman–Crippen LogP) is 1.59. The van der Waals surface area contributed by atoms with Crippen molar-refractivity contribution in [2.45, 2.75) is 45.1 Å². The smallest absolute Gasteiger partial charge is 0.317 e. The summed E-state index contributed by atoms with van der Waals surface area (Å²) in [6, 6.07) is 0.256. The minimum absolute atomic E-state index is 0.0712. The molecule has 98 valence electrons. The van der Waals surface area contributed by atoms with E-state index in [-0.39, 0.29) is 24.6 Å². The molecule has 2 fully saturated rings. The van der Waals surface area contributed by atoms with Crippen molar-refractivity contribution in [3.05, 3.63) is 0 Å². The van der Waals surface area contributed by atoms with Crippen molar-refractivity contribution in [2.24, 2.45) is 11.8 Å². The van der Waals surface area contributed by atoms with Gasteiger partial charge in [0.05, 0.1) is 0 Å². The lowest BCUT2D eigenvalue weighted by Gasteiger charge is -2.32. The summed E-state index contributed by atoms with van der Waals surface area (Å²) in [5, 5.41) is 12.3. The fraction of sp³-hybridized carbons (Fsp3) is 0.923. The van der Waals surface area contributed by atoms with E-state index in [1.807, 2.05) is 4.90 Å². The average Bonchev–Trinajstić information content (AvgIpc) is 2.76. The average molecular weight is 240 g/mol. The fourth-order valence-corrected chi connectivity index (χ4v) is 3.07. The van der Waals surface area contributed by atoms with Crippen LogP contribution in [0, 0.1) is 11.8 Å². The molecule has 0 aromatic heterocycles. The van der Waals surface area contributed by atoms with Crippen molar-refractivity contribution >= 4 is 6.03 Å². The molecule has 0 spiro atoms. The third-order valence-corrected chi connectivity index (χ3v) is 4.15. The molecule has 1 aliphatic carbocycles. The first-order chi connectivity index (χ1) is 8.20. The topological polar surface area (TPSA) is 52.6 Å². The minimum atomic E-state index is 0.0712. The lowest BCUT2D eigenvalue weighted by molar-refractivity contribution is 0.157. The van der Waals surface area contributed by atoms with Crippen LogP contribution in [0.25, 0.3) is 0 Å². The minimum Gasteiger partial charge on any atom is -0.396 e. The Morgan fingerprint density at radius 3 is 2.88 bits per heavy atom.